The Morgan fingerprint density at radius 2 is 2.25 bits per heavy atom. The van der Waals surface area contributed by atoms with Gasteiger partial charge in [-0.05, 0) is 44.5 Å². The minimum atomic E-state index is 0.510. The second kappa shape index (κ2) is 4.74. The first kappa shape index (κ1) is 11.3. The predicted octanol–water partition coefficient (Wildman–Crippen LogP) is 1.79. The molecule has 0 aromatic heterocycles. The van der Waals surface area contributed by atoms with Crippen molar-refractivity contribution in [2.75, 3.05) is 24.6 Å². The Morgan fingerprint density at radius 3 is 2.94 bits per heavy atom. The van der Waals surface area contributed by atoms with Gasteiger partial charge in [0.25, 0.3) is 0 Å². The molecule has 0 radical (unpaired) electrons. The van der Waals surface area contributed by atoms with Gasteiger partial charge in [0.2, 0.25) is 0 Å². The second-order valence-corrected chi connectivity index (χ2v) is 4.48. The minimum Gasteiger partial charge on any atom is -0.490 e. The third-order valence-electron chi connectivity index (χ3n) is 2.98. The van der Waals surface area contributed by atoms with Crippen LogP contribution in [-0.4, -0.2) is 25.7 Å². The van der Waals surface area contributed by atoms with Crippen LogP contribution < -0.4 is 15.4 Å². The largest absolute Gasteiger partial charge is 0.490 e. The SMILES string of the molecule is CC(C)N1CCOc2ccc(CCN)cc21. The van der Waals surface area contributed by atoms with E-state index < -0.39 is 0 Å². The highest BCUT2D eigenvalue weighted by Gasteiger charge is 2.20. The number of fused-ring (bicyclic) bond motifs is 1. The van der Waals surface area contributed by atoms with Crippen LogP contribution in [0.4, 0.5) is 5.69 Å². The van der Waals surface area contributed by atoms with Crippen molar-refractivity contribution < 1.29 is 4.74 Å². The molecule has 0 fully saturated rings. The molecule has 3 heteroatoms. The van der Waals surface area contributed by atoms with Gasteiger partial charge in [-0.15, -0.1) is 0 Å². The van der Waals surface area contributed by atoms with Gasteiger partial charge in [0, 0.05) is 6.04 Å². The topological polar surface area (TPSA) is 38.5 Å². The zero-order chi connectivity index (χ0) is 11.5. The zero-order valence-electron chi connectivity index (χ0n) is 10.1. The number of rotatable bonds is 3. The molecule has 1 aromatic carbocycles. The number of hydrogen-bond donors (Lipinski definition) is 1. The summed E-state index contributed by atoms with van der Waals surface area (Å²) in [5.74, 6) is 1.00. The van der Waals surface area contributed by atoms with E-state index in [-0.39, 0.29) is 0 Å². The van der Waals surface area contributed by atoms with Crippen LogP contribution in [-0.2, 0) is 6.42 Å². The van der Waals surface area contributed by atoms with Crippen LogP contribution in [0.25, 0.3) is 0 Å². The predicted molar refractivity (Wildman–Crippen MR) is 67.2 cm³/mol. The Bertz CT molecular complexity index is 363. The first-order chi connectivity index (χ1) is 7.72. The first-order valence-corrected chi connectivity index (χ1v) is 5.95. The zero-order valence-corrected chi connectivity index (χ0v) is 10.1. The van der Waals surface area contributed by atoms with Crippen molar-refractivity contribution in [3.63, 3.8) is 0 Å². The summed E-state index contributed by atoms with van der Waals surface area (Å²) in [6.07, 6.45) is 0.930. The van der Waals surface area contributed by atoms with Crippen LogP contribution in [0.3, 0.4) is 0 Å². The lowest BCUT2D eigenvalue weighted by Crippen LogP contribution is -2.38. The van der Waals surface area contributed by atoms with Crippen LogP contribution >= 0.6 is 0 Å². The highest BCUT2D eigenvalue weighted by molar-refractivity contribution is 5.62. The standard InChI is InChI=1S/C13H20N2O/c1-10(2)15-7-8-16-13-4-3-11(5-6-14)9-12(13)15/h3-4,9-10H,5-8,14H2,1-2H3. The van der Waals surface area contributed by atoms with E-state index >= 15 is 0 Å². The van der Waals surface area contributed by atoms with Crippen molar-refractivity contribution >= 4 is 5.69 Å². The van der Waals surface area contributed by atoms with Crippen LogP contribution in [0.2, 0.25) is 0 Å². The molecule has 0 spiro atoms. The maximum absolute atomic E-state index is 5.66. The van der Waals surface area contributed by atoms with Crippen LogP contribution in [0, 0.1) is 0 Å². The summed E-state index contributed by atoms with van der Waals surface area (Å²) in [7, 11) is 0. The molecule has 0 bridgehead atoms. The highest BCUT2D eigenvalue weighted by atomic mass is 16.5. The molecule has 1 aliphatic rings. The Kier molecular flexibility index (Phi) is 3.34. The van der Waals surface area contributed by atoms with Gasteiger partial charge in [0.05, 0.1) is 12.2 Å². The quantitative estimate of drug-likeness (QED) is 0.844. The molecule has 2 rings (SSSR count). The summed E-state index contributed by atoms with van der Waals surface area (Å²) in [6, 6.07) is 6.89. The van der Waals surface area contributed by atoms with Gasteiger partial charge < -0.3 is 15.4 Å². The van der Waals surface area contributed by atoms with E-state index in [2.05, 4.69) is 36.9 Å². The average Bonchev–Trinajstić information content (AvgIpc) is 2.28. The maximum Gasteiger partial charge on any atom is 0.142 e. The van der Waals surface area contributed by atoms with Crippen molar-refractivity contribution in [1.29, 1.82) is 0 Å². The lowest BCUT2D eigenvalue weighted by molar-refractivity contribution is 0.302. The summed E-state index contributed by atoms with van der Waals surface area (Å²) >= 11 is 0. The molecule has 16 heavy (non-hydrogen) atoms. The molecule has 0 saturated heterocycles. The fraction of sp³-hybridized carbons (Fsp3) is 0.538. The van der Waals surface area contributed by atoms with E-state index in [9.17, 15) is 0 Å². The van der Waals surface area contributed by atoms with Gasteiger partial charge in [0.1, 0.15) is 12.4 Å². The van der Waals surface area contributed by atoms with Crippen molar-refractivity contribution in [3.8, 4) is 5.75 Å². The van der Waals surface area contributed by atoms with Gasteiger partial charge in [0.15, 0.2) is 0 Å². The van der Waals surface area contributed by atoms with E-state index in [1.54, 1.807) is 0 Å². The van der Waals surface area contributed by atoms with Crippen molar-refractivity contribution in [2.24, 2.45) is 5.73 Å². The van der Waals surface area contributed by atoms with Crippen molar-refractivity contribution in [1.82, 2.24) is 0 Å². The summed E-state index contributed by atoms with van der Waals surface area (Å²) in [5, 5.41) is 0. The molecule has 0 unspecified atom stereocenters. The van der Waals surface area contributed by atoms with E-state index in [1.807, 2.05) is 0 Å². The normalized spacial score (nSPS) is 14.9. The molecule has 1 heterocycles. The maximum atomic E-state index is 5.66. The number of nitrogens with two attached hydrogens (primary N) is 1. The Balaban J connectivity index is 2.32. The number of nitrogens with zero attached hydrogens (tertiary/aromatic N) is 1. The van der Waals surface area contributed by atoms with Gasteiger partial charge in [-0.25, -0.2) is 0 Å². The van der Waals surface area contributed by atoms with Crippen LogP contribution in [0.1, 0.15) is 19.4 Å². The summed E-state index contributed by atoms with van der Waals surface area (Å²) in [6.45, 7) is 6.87. The molecular weight excluding hydrogens is 200 g/mol. The average molecular weight is 220 g/mol. The van der Waals surface area contributed by atoms with Gasteiger partial charge in [-0.1, -0.05) is 6.07 Å². The summed E-state index contributed by atoms with van der Waals surface area (Å²) in [5.41, 5.74) is 8.09. The number of benzene rings is 1. The lowest BCUT2D eigenvalue weighted by atomic mass is 10.1. The van der Waals surface area contributed by atoms with Gasteiger partial charge >= 0.3 is 0 Å². The number of ether oxygens (including phenoxy) is 1. The smallest absolute Gasteiger partial charge is 0.142 e. The molecule has 3 nitrogen and oxygen atoms in total. The monoisotopic (exact) mass is 220 g/mol. The van der Waals surface area contributed by atoms with Gasteiger partial charge in [-0.2, -0.15) is 0 Å². The molecule has 0 saturated carbocycles. The molecule has 0 amide bonds. The van der Waals surface area contributed by atoms with Crippen molar-refractivity contribution in [2.45, 2.75) is 26.3 Å². The van der Waals surface area contributed by atoms with Crippen LogP contribution in [0.5, 0.6) is 5.75 Å². The second-order valence-electron chi connectivity index (χ2n) is 4.48. The first-order valence-electron chi connectivity index (χ1n) is 5.95. The van der Waals surface area contributed by atoms with E-state index in [0.29, 0.717) is 12.6 Å². The van der Waals surface area contributed by atoms with E-state index in [0.717, 1.165) is 25.3 Å². The lowest BCUT2D eigenvalue weighted by Gasteiger charge is -2.34. The van der Waals surface area contributed by atoms with E-state index in [4.69, 9.17) is 10.5 Å². The fourth-order valence-electron chi connectivity index (χ4n) is 2.14. The molecule has 0 aliphatic carbocycles. The third-order valence-corrected chi connectivity index (χ3v) is 2.98. The molecular formula is C13H20N2O. The minimum absolute atomic E-state index is 0.510. The summed E-state index contributed by atoms with van der Waals surface area (Å²) < 4.78 is 5.66. The molecule has 1 aliphatic heterocycles. The highest BCUT2D eigenvalue weighted by Crippen LogP contribution is 2.33. The molecule has 0 atom stereocenters. The summed E-state index contributed by atoms with van der Waals surface area (Å²) in [4.78, 5) is 2.39. The third kappa shape index (κ3) is 2.14. The fourth-order valence-corrected chi connectivity index (χ4v) is 2.14. The number of hydrogen-bond acceptors (Lipinski definition) is 3. The Morgan fingerprint density at radius 1 is 1.44 bits per heavy atom. The molecule has 1 aromatic rings. The van der Waals surface area contributed by atoms with Crippen molar-refractivity contribution in [3.05, 3.63) is 23.8 Å². The Hall–Kier alpha value is -1.22. The number of anilines is 1. The molecule has 2 N–H and O–H groups in total. The Labute approximate surface area is 97.2 Å². The van der Waals surface area contributed by atoms with E-state index in [1.165, 1.54) is 11.3 Å². The molecule has 88 valence electrons. The van der Waals surface area contributed by atoms with Gasteiger partial charge in [-0.3, -0.25) is 0 Å². The van der Waals surface area contributed by atoms with Crippen LogP contribution in [0.15, 0.2) is 18.2 Å².